The lowest BCUT2D eigenvalue weighted by Gasteiger charge is -2.04. The van der Waals surface area contributed by atoms with Gasteiger partial charge in [-0.2, -0.15) is 10.2 Å². The molecule has 0 saturated heterocycles. The van der Waals surface area contributed by atoms with E-state index in [1.807, 2.05) is 22.5 Å². The van der Waals surface area contributed by atoms with Crippen LogP contribution in [0, 0.1) is 11.7 Å². The van der Waals surface area contributed by atoms with E-state index in [0.717, 1.165) is 24.5 Å². The number of hydrogen-bond donors (Lipinski definition) is 1. The average Bonchev–Trinajstić information content (AvgIpc) is 2.77. The number of nitrogens with one attached hydrogen (secondary N) is 1. The fourth-order valence-corrected chi connectivity index (χ4v) is 1.87. The first-order valence-corrected chi connectivity index (χ1v) is 5.65. The topological polar surface area (TPSA) is 51.4 Å². The van der Waals surface area contributed by atoms with Crippen LogP contribution in [0.25, 0.3) is 0 Å². The molecule has 0 atom stereocenters. The third-order valence-corrected chi connectivity index (χ3v) is 3.13. The third-order valence-electron chi connectivity index (χ3n) is 2.82. The number of aromatic nitrogens is 5. The lowest BCUT2D eigenvalue weighted by atomic mass is 10.2. The van der Waals surface area contributed by atoms with Gasteiger partial charge in [-0.15, -0.1) is 0 Å². The molecule has 1 N–H and O–H groups in total. The van der Waals surface area contributed by atoms with Gasteiger partial charge in [-0.3, -0.25) is 14.3 Å². The molecule has 0 aromatic carbocycles. The molecule has 5 nitrogen and oxygen atoms in total. The van der Waals surface area contributed by atoms with Gasteiger partial charge in [0.25, 0.3) is 0 Å². The van der Waals surface area contributed by atoms with Crippen LogP contribution in [0.15, 0.2) is 6.20 Å². The monoisotopic (exact) mass is 237 g/mol. The Morgan fingerprint density at radius 1 is 1.50 bits per heavy atom. The van der Waals surface area contributed by atoms with Crippen LogP contribution in [0.5, 0.6) is 0 Å². The Bertz CT molecular complexity index is 548. The van der Waals surface area contributed by atoms with E-state index in [9.17, 15) is 0 Å². The predicted octanol–water partition coefficient (Wildman–Crippen LogP) is 1.59. The van der Waals surface area contributed by atoms with Crippen LogP contribution in [0.1, 0.15) is 24.0 Å². The summed E-state index contributed by atoms with van der Waals surface area (Å²) < 4.78 is 4.55. The SMILES string of the molecule is CCc1n[nH]c(=S)n1Cc1cnn(C)c1C. The van der Waals surface area contributed by atoms with Crippen molar-refractivity contribution in [3.05, 3.63) is 28.0 Å². The first-order chi connectivity index (χ1) is 7.63. The molecule has 0 radical (unpaired) electrons. The molecule has 16 heavy (non-hydrogen) atoms. The average molecular weight is 237 g/mol. The number of rotatable bonds is 3. The van der Waals surface area contributed by atoms with Crippen LogP contribution in [0.3, 0.4) is 0 Å². The summed E-state index contributed by atoms with van der Waals surface area (Å²) in [7, 11) is 1.94. The maximum absolute atomic E-state index is 5.21. The Morgan fingerprint density at radius 3 is 2.81 bits per heavy atom. The van der Waals surface area contributed by atoms with Crippen LogP contribution < -0.4 is 0 Å². The molecule has 0 spiro atoms. The van der Waals surface area contributed by atoms with Gasteiger partial charge in [0.15, 0.2) is 4.77 Å². The van der Waals surface area contributed by atoms with Gasteiger partial charge >= 0.3 is 0 Å². The van der Waals surface area contributed by atoms with Crippen molar-refractivity contribution < 1.29 is 0 Å². The molecule has 0 aliphatic carbocycles. The summed E-state index contributed by atoms with van der Waals surface area (Å²) in [6.07, 6.45) is 2.75. The van der Waals surface area contributed by atoms with Crippen LogP contribution in [0.4, 0.5) is 0 Å². The van der Waals surface area contributed by atoms with E-state index >= 15 is 0 Å². The molecule has 0 bridgehead atoms. The molecule has 0 aliphatic heterocycles. The zero-order chi connectivity index (χ0) is 11.7. The maximum atomic E-state index is 5.21. The maximum Gasteiger partial charge on any atom is 0.195 e. The molecule has 0 unspecified atom stereocenters. The van der Waals surface area contributed by atoms with E-state index in [4.69, 9.17) is 12.2 Å². The van der Waals surface area contributed by atoms with E-state index in [1.54, 1.807) is 0 Å². The zero-order valence-electron chi connectivity index (χ0n) is 9.69. The summed E-state index contributed by atoms with van der Waals surface area (Å²) in [6, 6.07) is 0. The van der Waals surface area contributed by atoms with Crippen molar-refractivity contribution in [3.8, 4) is 0 Å². The van der Waals surface area contributed by atoms with Crippen LogP contribution in [0.2, 0.25) is 0 Å². The van der Waals surface area contributed by atoms with Gasteiger partial charge in [0, 0.05) is 24.7 Å². The third kappa shape index (κ3) is 1.80. The van der Waals surface area contributed by atoms with Crippen molar-refractivity contribution in [3.63, 3.8) is 0 Å². The highest BCUT2D eigenvalue weighted by Crippen LogP contribution is 2.10. The highest BCUT2D eigenvalue weighted by atomic mass is 32.1. The summed E-state index contributed by atoms with van der Waals surface area (Å²) >= 11 is 5.21. The van der Waals surface area contributed by atoms with Gasteiger partial charge in [0.2, 0.25) is 0 Å². The van der Waals surface area contributed by atoms with Crippen molar-refractivity contribution in [2.75, 3.05) is 0 Å². The largest absolute Gasteiger partial charge is 0.300 e. The number of nitrogens with zero attached hydrogens (tertiary/aromatic N) is 4. The van der Waals surface area contributed by atoms with E-state index in [0.29, 0.717) is 4.77 Å². The van der Waals surface area contributed by atoms with Gasteiger partial charge in [0.05, 0.1) is 12.7 Å². The van der Waals surface area contributed by atoms with Gasteiger partial charge in [-0.05, 0) is 19.1 Å². The molecule has 2 aromatic heterocycles. The van der Waals surface area contributed by atoms with Crippen molar-refractivity contribution >= 4 is 12.2 Å². The van der Waals surface area contributed by atoms with Crippen molar-refractivity contribution in [1.82, 2.24) is 24.5 Å². The van der Waals surface area contributed by atoms with E-state index < -0.39 is 0 Å². The molecule has 0 amide bonds. The van der Waals surface area contributed by atoms with Crippen LogP contribution in [-0.4, -0.2) is 24.5 Å². The van der Waals surface area contributed by atoms with Gasteiger partial charge in [-0.1, -0.05) is 6.92 Å². The van der Waals surface area contributed by atoms with E-state index in [1.165, 1.54) is 5.56 Å². The highest BCUT2D eigenvalue weighted by Gasteiger charge is 2.08. The number of H-pyrrole nitrogens is 1. The Kier molecular flexibility index (Phi) is 2.91. The molecule has 0 saturated carbocycles. The van der Waals surface area contributed by atoms with Crippen molar-refractivity contribution in [1.29, 1.82) is 0 Å². The minimum absolute atomic E-state index is 0.667. The zero-order valence-corrected chi connectivity index (χ0v) is 10.5. The van der Waals surface area contributed by atoms with E-state index in [2.05, 4.69) is 29.1 Å². The molecule has 6 heteroatoms. The predicted molar refractivity (Wildman–Crippen MR) is 63.8 cm³/mol. The van der Waals surface area contributed by atoms with Crippen LogP contribution in [-0.2, 0) is 20.0 Å². The van der Waals surface area contributed by atoms with E-state index in [-0.39, 0.29) is 0 Å². The number of hydrogen-bond acceptors (Lipinski definition) is 3. The summed E-state index contributed by atoms with van der Waals surface area (Å²) in [4.78, 5) is 0. The fourth-order valence-electron chi connectivity index (χ4n) is 1.65. The molecule has 0 aliphatic rings. The minimum atomic E-state index is 0.667. The molecular weight excluding hydrogens is 222 g/mol. The Morgan fingerprint density at radius 2 is 2.25 bits per heavy atom. The summed E-state index contributed by atoms with van der Waals surface area (Å²) in [5.41, 5.74) is 2.33. The fraction of sp³-hybridized carbons (Fsp3) is 0.500. The number of aryl methyl sites for hydroxylation is 2. The minimum Gasteiger partial charge on any atom is -0.300 e. The van der Waals surface area contributed by atoms with Crippen molar-refractivity contribution in [2.45, 2.75) is 26.8 Å². The quantitative estimate of drug-likeness (QED) is 0.825. The highest BCUT2D eigenvalue weighted by molar-refractivity contribution is 7.71. The van der Waals surface area contributed by atoms with Crippen LogP contribution >= 0.6 is 12.2 Å². The first kappa shape index (κ1) is 11.1. The lowest BCUT2D eigenvalue weighted by molar-refractivity contribution is 0.709. The Hall–Kier alpha value is -1.43. The molecule has 0 fully saturated rings. The normalized spacial score (nSPS) is 10.9. The second-order valence-electron chi connectivity index (χ2n) is 3.76. The van der Waals surface area contributed by atoms with Gasteiger partial charge < -0.3 is 0 Å². The molecule has 2 rings (SSSR count). The molecule has 86 valence electrons. The molecule has 2 aromatic rings. The second kappa shape index (κ2) is 4.21. The summed E-state index contributed by atoms with van der Waals surface area (Å²) in [5, 5.41) is 11.2. The number of aromatic amines is 1. The summed E-state index contributed by atoms with van der Waals surface area (Å²) in [5.74, 6) is 0.980. The molecule has 2 heterocycles. The Labute approximate surface area is 99.1 Å². The first-order valence-electron chi connectivity index (χ1n) is 5.25. The smallest absolute Gasteiger partial charge is 0.195 e. The van der Waals surface area contributed by atoms with Gasteiger partial charge in [-0.25, -0.2) is 0 Å². The standard InChI is InChI=1S/C10H15N5S/c1-4-9-12-13-10(16)15(9)6-8-5-11-14(3)7(8)2/h5H,4,6H2,1-3H3,(H,13,16). The molecular formula is C10H15N5S. The lowest BCUT2D eigenvalue weighted by Crippen LogP contribution is -2.05. The van der Waals surface area contributed by atoms with Gasteiger partial charge in [0.1, 0.15) is 5.82 Å². The van der Waals surface area contributed by atoms with Crippen molar-refractivity contribution in [2.24, 2.45) is 7.05 Å². The Balaban J connectivity index is 2.37. The second-order valence-corrected chi connectivity index (χ2v) is 4.15. The summed E-state index contributed by atoms with van der Waals surface area (Å²) in [6.45, 7) is 4.85.